The number of aromatic nitrogens is 2. The molecule has 0 N–H and O–H groups in total. The van der Waals surface area contributed by atoms with E-state index in [2.05, 4.69) is 458 Å². The number of pyridine rings is 2. The molecule has 714 valence electrons. The van der Waals surface area contributed by atoms with Crippen molar-refractivity contribution in [1.82, 2.24) is 9.97 Å². The summed E-state index contributed by atoms with van der Waals surface area (Å²) >= 11 is 17.8. The molecular formula is C125H118BCl3K2N2O5P4Pd. The number of halogens is 3. The Morgan fingerprint density at radius 3 is 0.881 bits per heavy atom. The first kappa shape index (κ1) is 112. The summed E-state index contributed by atoms with van der Waals surface area (Å²) in [5, 5.41) is 31.5. The zero-order valence-electron chi connectivity index (χ0n) is 83.3. The van der Waals surface area contributed by atoms with E-state index in [1.165, 1.54) is 154 Å². The van der Waals surface area contributed by atoms with Gasteiger partial charge in [0.2, 0.25) is 0 Å². The fraction of sp³-hybridized carbons (Fsp3) is 0.176. The van der Waals surface area contributed by atoms with Gasteiger partial charge in [-0.1, -0.05) is 453 Å². The second-order valence-corrected chi connectivity index (χ2v) is 47.1. The van der Waals surface area contributed by atoms with Gasteiger partial charge in [0.1, 0.15) is 5.15 Å². The second-order valence-electron chi connectivity index (χ2n) is 37.0. The summed E-state index contributed by atoms with van der Waals surface area (Å²) in [6.07, 6.45) is 15.0. The van der Waals surface area contributed by atoms with Crippen LogP contribution in [0.1, 0.15) is 115 Å². The third kappa shape index (κ3) is 30.8. The van der Waals surface area contributed by atoms with Gasteiger partial charge < -0.3 is 20.9 Å². The standard InChI is InChI=1S/C23H22ClN.C20H29BO2.4C18H15P.C9H5Cl2N.CH2O3.2K.Pd.H/c1-14-8-18(22-11-15-2-3-16(22)10-15)12-19(9-14)23-21-5-4-20(24)13-17(21)6-7-25-23;1-13-8-16(18-11-14-6-7-15(18)10-14)12-17(9-13)21-22-19(2,3)20(4,5)23-21;4*1-4-10-16(11-5-1)19(17-12-6-2-7-13-17)18-14-8-3-9-15-18;10-7-1-2-8-6(5-7)3-4-12-9(8)11;2-1-4-3;;;;/h4-9,12-13,15-16,22H,2-3,10-11H2,1H3;8-9,12,14-15,18H,6-7,10-11H2,1-5H3;4*1-15H;1-5H;1,3H;;;;/q;;;;;;;;2*+1;;-1/p-1. The van der Waals surface area contributed by atoms with E-state index in [1.54, 1.807) is 12.3 Å². The van der Waals surface area contributed by atoms with Gasteiger partial charge in [0.15, 0.2) is 0 Å². The molecule has 1 aliphatic heterocycles. The smallest absolute Gasteiger partial charge is 1.00 e. The van der Waals surface area contributed by atoms with Crippen LogP contribution in [0.25, 0.3) is 32.8 Å². The van der Waals surface area contributed by atoms with Crippen LogP contribution in [0, 0.1) is 37.5 Å². The molecule has 16 aromatic carbocycles. The van der Waals surface area contributed by atoms with Gasteiger partial charge in [0, 0.05) is 59.2 Å². The van der Waals surface area contributed by atoms with Crippen LogP contribution in [0.3, 0.4) is 0 Å². The van der Waals surface area contributed by atoms with E-state index in [0.29, 0.717) is 10.2 Å². The number of nitrogens with zero attached hydrogens (tertiary/aromatic N) is 2. The van der Waals surface area contributed by atoms with Gasteiger partial charge >= 0.3 is 110 Å². The van der Waals surface area contributed by atoms with Gasteiger partial charge in [-0.25, -0.2) is 4.98 Å². The van der Waals surface area contributed by atoms with Gasteiger partial charge in [-0.2, -0.15) is 0 Å². The maximum absolute atomic E-state index is 8.64. The predicted molar refractivity (Wildman–Crippen MR) is 601 cm³/mol. The summed E-state index contributed by atoms with van der Waals surface area (Å²) < 4.78 is 12.5. The van der Waals surface area contributed by atoms with Crippen LogP contribution in [0.5, 0.6) is 0 Å². The zero-order valence-corrected chi connectivity index (χ0v) is 96.0. The number of fused-ring (bicyclic) bond motifs is 6. The van der Waals surface area contributed by atoms with Crippen LogP contribution in [-0.4, -0.2) is 34.8 Å². The molecular weight excluding hydrogens is 2040 g/mol. The van der Waals surface area contributed by atoms with Gasteiger partial charge in [0.05, 0.1) is 16.9 Å². The molecule has 4 aliphatic carbocycles. The number of hydrogen-bond donors (Lipinski definition) is 0. The zero-order chi connectivity index (χ0) is 97.0. The average Bonchev–Trinajstić information content (AvgIpc) is 1.65. The molecule has 1 saturated heterocycles. The minimum Gasteiger partial charge on any atom is -1.00 e. The molecule has 4 saturated carbocycles. The molecule has 2 aromatic heterocycles. The maximum atomic E-state index is 8.64. The fourth-order valence-electron chi connectivity index (χ4n) is 19.8. The monoisotopic (exact) mass is 2150 g/mol. The minimum absolute atomic E-state index is 0. The second kappa shape index (κ2) is 56.6. The average molecular weight is 2150 g/mol. The van der Waals surface area contributed by atoms with E-state index in [1.807, 2.05) is 42.6 Å². The normalized spacial score (nSPS) is 16.5. The molecule has 0 amide bonds. The molecule has 18 heteroatoms. The Kier molecular flexibility index (Phi) is 44.5. The van der Waals surface area contributed by atoms with Crippen molar-refractivity contribution in [2.45, 2.75) is 116 Å². The summed E-state index contributed by atoms with van der Waals surface area (Å²) in [6, 6.07) is 159. The topological polar surface area (TPSA) is 93.6 Å². The Bertz CT molecular complexity index is 6060. The van der Waals surface area contributed by atoms with Crippen LogP contribution in [0.15, 0.2) is 461 Å². The Morgan fingerprint density at radius 2 is 0.608 bits per heavy atom. The van der Waals surface area contributed by atoms with E-state index in [-0.39, 0.29) is 149 Å². The van der Waals surface area contributed by atoms with Gasteiger partial charge in [-0.05, 0) is 293 Å². The van der Waals surface area contributed by atoms with Crippen LogP contribution in [-0.2, 0) is 39.4 Å². The van der Waals surface area contributed by atoms with Crippen molar-refractivity contribution >= 4 is 171 Å². The SMILES string of the molecule is Cc1cc(-c2nccc3cc(Cl)ccc23)cc(C2CC3CCC2C3)c1.Cc1cc(B2OC(C)(C)C(C)(C)O2)cc(C2CC3CCC2C3)c1.Clc1ccc2c(Cl)nccc2c1.O=CO[O-].[H-].[K+].[K+].[Pd].c1ccc(P(c2ccccc2)c2ccccc2)cc1.c1ccc(P(c2ccccc2)c2ccccc2)cc1.c1ccc(P(c2ccccc2)c2ccccc2)cc1.c1ccc(P(c2ccccc2)c2ccccc2)cc1. The quantitative estimate of drug-likeness (QED) is 0.0224. The number of benzene rings is 16. The molecule has 3 heterocycles. The van der Waals surface area contributed by atoms with Crippen molar-refractivity contribution in [2.75, 3.05) is 0 Å². The molecule has 7 nitrogen and oxygen atoms in total. The van der Waals surface area contributed by atoms with Crippen LogP contribution in [0.4, 0.5) is 0 Å². The molecule has 0 radical (unpaired) electrons. The molecule has 5 aliphatic rings. The molecule has 23 rings (SSSR count). The largest absolute Gasteiger partial charge is 1.00 e. The summed E-state index contributed by atoms with van der Waals surface area (Å²) in [5.41, 5.74) is 8.67. The first-order valence-corrected chi connectivity index (χ1v) is 54.8. The maximum Gasteiger partial charge on any atom is 1.00 e. The number of carbonyl (C=O) groups is 1. The molecule has 143 heavy (non-hydrogen) atoms. The molecule has 6 unspecified atom stereocenters. The van der Waals surface area contributed by atoms with E-state index in [9.17, 15) is 0 Å². The molecule has 5 fully saturated rings. The van der Waals surface area contributed by atoms with Crippen molar-refractivity contribution in [2.24, 2.45) is 23.7 Å². The number of rotatable bonds is 17. The van der Waals surface area contributed by atoms with Gasteiger partial charge in [0.25, 0.3) is 6.47 Å². The summed E-state index contributed by atoms with van der Waals surface area (Å²) in [5.74, 6) is 5.27. The number of carbonyl (C=O) groups excluding carboxylic acids is 1. The molecule has 4 bridgehead atoms. The molecule has 18 aromatic rings. The fourth-order valence-corrected chi connectivity index (χ4v) is 29.7. The first-order valence-electron chi connectivity index (χ1n) is 48.3. The van der Waals surface area contributed by atoms with E-state index in [4.69, 9.17) is 59.1 Å². The van der Waals surface area contributed by atoms with Crippen molar-refractivity contribution in [3.63, 3.8) is 0 Å². The van der Waals surface area contributed by atoms with Crippen LogP contribution >= 0.6 is 66.5 Å². The minimum atomic E-state index is -0.446. The van der Waals surface area contributed by atoms with Crippen molar-refractivity contribution in [3.05, 3.63) is 499 Å². The summed E-state index contributed by atoms with van der Waals surface area (Å²) in [4.78, 5) is 19.9. The summed E-state index contributed by atoms with van der Waals surface area (Å²) in [7, 11) is -2.02. The van der Waals surface area contributed by atoms with Crippen molar-refractivity contribution in [1.29, 1.82) is 0 Å². The molecule has 0 spiro atoms. The Morgan fingerprint density at radius 1 is 0.343 bits per heavy atom. The Labute approximate surface area is 967 Å². The van der Waals surface area contributed by atoms with Crippen molar-refractivity contribution in [3.8, 4) is 11.3 Å². The summed E-state index contributed by atoms with van der Waals surface area (Å²) in [6.45, 7) is 12.7. The van der Waals surface area contributed by atoms with Crippen LogP contribution in [0.2, 0.25) is 15.2 Å². The third-order valence-electron chi connectivity index (χ3n) is 27.0. The first-order chi connectivity index (χ1) is 68.4. The van der Waals surface area contributed by atoms with Crippen LogP contribution < -0.4 is 177 Å². The van der Waals surface area contributed by atoms with Gasteiger partial charge in [-0.3, -0.25) is 9.78 Å². The number of aryl methyl sites for hydroxylation is 2. The van der Waals surface area contributed by atoms with E-state index in [0.717, 1.165) is 62.4 Å². The van der Waals surface area contributed by atoms with E-state index >= 15 is 0 Å². The third-order valence-corrected chi connectivity index (χ3v) is 37.5. The molecule has 6 atom stereocenters. The predicted octanol–water partition coefficient (Wildman–Crippen LogP) is 20.8. The van der Waals surface area contributed by atoms with Crippen molar-refractivity contribution < 1.29 is 149 Å². The number of hydrogen-bond acceptors (Lipinski definition) is 7. The van der Waals surface area contributed by atoms with Gasteiger partial charge in [-0.15, -0.1) is 0 Å². The van der Waals surface area contributed by atoms with E-state index < -0.39 is 31.7 Å². The Hall–Kier alpha value is -7.72. The Balaban J connectivity index is 0.000000149.